The van der Waals surface area contributed by atoms with Crippen molar-refractivity contribution < 1.29 is 24.0 Å². The monoisotopic (exact) mass is 350 g/mol. The van der Waals surface area contributed by atoms with Crippen molar-refractivity contribution in [1.29, 1.82) is 0 Å². The molecule has 1 aromatic rings. The molecule has 0 saturated carbocycles. The Morgan fingerprint density at radius 3 is 2.44 bits per heavy atom. The lowest BCUT2D eigenvalue weighted by Gasteiger charge is -2.36. The van der Waals surface area contributed by atoms with Crippen molar-refractivity contribution in [1.82, 2.24) is 4.90 Å². The number of esters is 1. The molecule has 136 valence electrons. The van der Waals surface area contributed by atoms with Crippen LogP contribution in [0, 0.1) is 17.0 Å². The molecule has 0 spiro atoms. The molecule has 0 radical (unpaired) electrons. The zero-order valence-corrected chi connectivity index (χ0v) is 14.7. The Morgan fingerprint density at radius 1 is 1.32 bits per heavy atom. The molecule has 1 aliphatic heterocycles. The molecule has 8 heteroatoms. The number of amides is 1. The third-order valence-electron chi connectivity index (χ3n) is 3.99. The summed E-state index contributed by atoms with van der Waals surface area (Å²) in [7, 11) is 0. The molecule has 1 saturated heterocycles. The summed E-state index contributed by atoms with van der Waals surface area (Å²) in [5.41, 5.74) is 0.456. The van der Waals surface area contributed by atoms with E-state index in [2.05, 4.69) is 0 Å². The normalized spacial score (nSPS) is 21.5. The number of aryl methyl sites for hydroxylation is 1. The Balaban J connectivity index is 2.03. The van der Waals surface area contributed by atoms with Gasteiger partial charge in [0.1, 0.15) is 0 Å². The van der Waals surface area contributed by atoms with Crippen LogP contribution in [0.2, 0.25) is 0 Å². The molecule has 0 aliphatic carbocycles. The first-order valence-electron chi connectivity index (χ1n) is 8.09. The maximum Gasteiger partial charge on any atom is 0.338 e. The van der Waals surface area contributed by atoms with Crippen LogP contribution in [0.15, 0.2) is 18.2 Å². The second-order valence-corrected chi connectivity index (χ2v) is 6.31. The molecule has 25 heavy (non-hydrogen) atoms. The number of carbonyl (C=O) groups is 2. The average molecular weight is 350 g/mol. The molecule has 2 rings (SSSR count). The van der Waals surface area contributed by atoms with Crippen molar-refractivity contribution in [3.05, 3.63) is 39.4 Å². The van der Waals surface area contributed by atoms with E-state index in [1.807, 2.05) is 13.8 Å². The van der Waals surface area contributed by atoms with E-state index < -0.39 is 17.0 Å². The summed E-state index contributed by atoms with van der Waals surface area (Å²) < 4.78 is 10.8. The summed E-state index contributed by atoms with van der Waals surface area (Å²) in [6.45, 7) is 7.71. The minimum atomic E-state index is -0.944. The Labute approximate surface area is 145 Å². The summed E-state index contributed by atoms with van der Waals surface area (Å²) in [5.74, 6) is -0.970. The number of hydrogen-bond acceptors (Lipinski definition) is 6. The van der Waals surface area contributed by atoms with Crippen LogP contribution in [0.4, 0.5) is 5.69 Å². The number of nitrogens with zero attached hydrogens (tertiary/aromatic N) is 2. The molecule has 3 atom stereocenters. The van der Waals surface area contributed by atoms with E-state index in [0.29, 0.717) is 18.7 Å². The van der Waals surface area contributed by atoms with Gasteiger partial charge in [-0.15, -0.1) is 0 Å². The smallest absolute Gasteiger partial charge is 0.338 e. The highest BCUT2D eigenvalue weighted by atomic mass is 16.6. The molecule has 1 aromatic carbocycles. The summed E-state index contributed by atoms with van der Waals surface area (Å²) >= 11 is 0. The van der Waals surface area contributed by atoms with Gasteiger partial charge < -0.3 is 14.4 Å². The van der Waals surface area contributed by atoms with Crippen molar-refractivity contribution >= 4 is 17.6 Å². The summed E-state index contributed by atoms with van der Waals surface area (Å²) in [6.07, 6.45) is -1.10. The Morgan fingerprint density at radius 2 is 1.92 bits per heavy atom. The SMILES string of the molecule is Cc1cc(C(=O)OC(C)C(=O)N2CC(C)OC(C)C2)ccc1[N+](=O)[O-]. The van der Waals surface area contributed by atoms with Gasteiger partial charge in [-0.1, -0.05) is 0 Å². The van der Waals surface area contributed by atoms with E-state index in [-0.39, 0.29) is 29.4 Å². The Bertz CT molecular complexity index is 680. The van der Waals surface area contributed by atoms with E-state index in [1.54, 1.807) is 11.8 Å². The molecule has 0 aromatic heterocycles. The van der Waals surface area contributed by atoms with Crippen LogP contribution in [-0.2, 0) is 14.3 Å². The fourth-order valence-corrected chi connectivity index (χ4v) is 2.88. The van der Waals surface area contributed by atoms with Crippen LogP contribution >= 0.6 is 0 Å². The second kappa shape index (κ2) is 7.60. The zero-order valence-electron chi connectivity index (χ0n) is 14.7. The highest BCUT2D eigenvalue weighted by Crippen LogP contribution is 2.20. The van der Waals surface area contributed by atoms with Crippen molar-refractivity contribution in [3.63, 3.8) is 0 Å². The largest absolute Gasteiger partial charge is 0.449 e. The summed E-state index contributed by atoms with van der Waals surface area (Å²) in [5, 5.41) is 10.8. The van der Waals surface area contributed by atoms with Crippen LogP contribution in [0.3, 0.4) is 0 Å². The van der Waals surface area contributed by atoms with Gasteiger partial charge in [0.15, 0.2) is 6.10 Å². The Kier molecular flexibility index (Phi) is 5.73. The van der Waals surface area contributed by atoms with Gasteiger partial charge in [-0.2, -0.15) is 0 Å². The highest BCUT2D eigenvalue weighted by molar-refractivity contribution is 5.92. The van der Waals surface area contributed by atoms with Gasteiger partial charge in [0.05, 0.1) is 22.7 Å². The lowest BCUT2D eigenvalue weighted by molar-refractivity contribution is -0.385. The molecule has 0 bridgehead atoms. The first kappa shape index (κ1) is 18.9. The third kappa shape index (κ3) is 4.54. The van der Waals surface area contributed by atoms with E-state index in [9.17, 15) is 19.7 Å². The summed E-state index contributed by atoms with van der Waals surface area (Å²) in [6, 6.07) is 3.96. The topological polar surface area (TPSA) is 99.0 Å². The van der Waals surface area contributed by atoms with E-state index in [4.69, 9.17) is 9.47 Å². The van der Waals surface area contributed by atoms with Crippen LogP contribution < -0.4 is 0 Å². The van der Waals surface area contributed by atoms with E-state index in [1.165, 1.54) is 25.1 Å². The third-order valence-corrected chi connectivity index (χ3v) is 3.99. The van der Waals surface area contributed by atoms with Crippen molar-refractivity contribution in [2.75, 3.05) is 13.1 Å². The number of ether oxygens (including phenoxy) is 2. The van der Waals surface area contributed by atoms with Crippen molar-refractivity contribution in [2.24, 2.45) is 0 Å². The number of nitro benzene ring substituents is 1. The Hall–Kier alpha value is -2.48. The van der Waals surface area contributed by atoms with E-state index in [0.717, 1.165) is 0 Å². The molecular weight excluding hydrogens is 328 g/mol. The molecule has 3 unspecified atom stereocenters. The minimum absolute atomic E-state index is 0.0723. The van der Waals surface area contributed by atoms with Crippen LogP contribution in [0.5, 0.6) is 0 Å². The number of hydrogen-bond donors (Lipinski definition) is 0. The van der Waals surface area contributed by atoms with Crippen LogP contribution in [0.1, 0.15) is 36.7 Å². The van der Waals surface area contributed by atoms with Crippen LogP contribution in [0.25, 0.3) is 0 Å². The lowest BCUT2D eigenvalue weighted by Crippen LogP contribution is -2.51. The minimum Gasteiger partial charge on any atom is -0.449 e. The fourth-order valence-electron chi connectivity index (χ4n) is 2.88. The van der Waals surface area contributed by atoms with Crippen molar-refractivity contribution in [2.45, 2.75) is 46.0 Å². The van der Waals surface area contributed by atoms with Gasteiger partial charge in [0, 0.05) is 24.7 Å². The number of rotatable bonds is 4. The number of morpholine rings is 1. The predicted octanol–water partition coefficient (Wildman–Crippen LogP) is 2.08. The highest BCUT2D eigenvalue weighted by Gasteiger charge is 2.30. The molecule has 1 amide bonds. The number of nitro groups is 1. The van der Waals surface area contributed by atoms with Crippen molar-refractivity contribution in [3.8, 4) is 0 Å². The number of carbonyl (C=O) groups excluding carboxylic acids is 2. The van der Waals surface area contributed by atoms with Gasteiger partial charge >= 0.3 is 5.97 Å². The first-order chi connectivity index (χ1) is 11.7. The summed E-state index contributed by atoms with van der Waals surface area (Å²) in [4.78, 5) is 36.6. The van der Waals surface area contributed by atoms with Crippen LogP contribution in [-0.4, -0.2) is 53.1 Å². The molecule has 1 heterocycles. The molecule has 8 nitrogen and oxygen atoms in total. The quantitative estimate of drug-likeness (QED) is 0.468. The standard InChI is InChI=1S/C17H22N2O6/c1-10-7-14(5-6-15(10)19(22)23)17(21)25-13(4)16(20)18-8-11(2)24-12(3)9-18/h5-7,11-13H,8-9H2,1-4H3. The zero-order chi connectivity index (χ0) is 18.7. The average Bonchev–Trinajstić information content (AvgIpc) is 2.52. The number of benzene rings is 1. The first-order valence-corrected chi connectivity index (χ1v) is 8.09. The van der Waals surface area contributed by atoms with E-state index >= 15 is 0 Å². The lowest BCUT2D eigenvalue weighted by atomic mass is 10.1. The van der Waals surface area contributed by atoms with Gasteiger partial charge in [0.2, 0.25) is 0 Å². The maximum absolute atomic E-state index is 12.5. The molecule has 0 N–H and O–H groups in total. The van der Waals surface area contributed by atoms with Gasteiger partial charge in [0.25, 0.3) is 11.6 Å². The molecular formula is C17H22N2O6. The predicted molar refractivity (Wildman–Crippen MR) is 89.3 cm³/mol. The fraction of sp³-hybridized carbons (Fsp3) is 0.529. The molecule has 1 fully saturated rings. The maximum atomic E-state index is 12.5. The molecule has 1 aliphatic rings. The van der Waals surface area contributed by atoms with Gasteiger partial charge in [-0.3, -0.25) is 14.9 Å². The van der Waals surface area contributed by atoms with Gasteiger partial charge in [-0.25, -0.2) is 4.79 Å². The van der Waals surface area contributed by atoms with Gasteiger partial charge in [-0.05, 0) is 39.8 Å². The second-order valence-electron chi connectivity index (χ2n) is 6.31.